The fourth-order valence-corrected chi connectivity index (χ4v) is 3.82. The molecule has 2 rings (SSSR count). The van der Waals surface area contributed by atoms with Crippen molar-refractivity contribution in [2.24, 2.45) is 5.92 Å². The van der Waals surface area contributed by atoms with E-state index in [9.17, 15) is 8.42 Å². The van der Waals surface area contributed by atoms with Gasteiger partial charge in [-0.25, -0.2) is 13.4 Å². The van der Waals surface area contributed by atoms with Crippen LogP contribution in [-0.2, 0) is 9.84 Å². The number of anilines is 1. The molecule has 94 valence electrons. The Morgan fingerprint density at radius 1 is 1.59 bits per heavy atom. The molecule has 0 radical (unpaired) electrons. The van der Waals surface area contributed by atoms with Crippen LogP contribution < -0.4 is 10.1 Å². The van der Waals surface area contributed by atoms with E-state index in [1.165, 1.54) is 0 Å². The van der Waals surface area contributed by atoms with E-state index >= 15 is 0 Å². The van der Waals surface area contributed by atoms with Gasteiger partial charge >= 0.3 is 0 Å². The van der Waals surface area contributed by atoms with Crippen LogP contribution in [-0.4, -0.2) is 38.6 Å². The second kappa shape index (κ2) is 4.91. The highest BCUT2D eigenvalue weighted by Crippen LogP contribution is 2.23. The lowest BCUT2D eigenvalue weighted by atomic mass is 10.1. The zero-order valence-electron chi connectivity index (χ0n) is 9.72. The average molecular weight is 256 g/mol. The summed E-state index contributed by atoms with van der Waals surface area (Å²) in [7, 11) is -1.22. The van der Waals surface area contributed by atoms with Gasteiger partial charge in [-0.3, -0.25) is 0 Å². The summed E-state index contributed by atoms with van der Waals surface area (Å²) in [6, 6.07) is 3.62. The molecule has 2 heterocycles. The van der Waals surface area contributed by atoms with Gasteiger partial charge in [-0.1, -0.05) is 0 Å². The van der Waals surface area contributed by atoms with Gasteiger partial charge in [-0.05, 0) is 24.5 Å². The summed E-state index contributed by atoms with van der Waals surface area (Å²) in [5, 5.41) is 3.14. The SMILES string of the molecule is COc1cccnc1NCC1CCS(=O)(=O)C1. The molecular weight excluding hydrogens is 240 g/mol. The maximum Gasteiger partial charge on any atom is 0.168 e. The van der Waals surface area contributed by atoms with Gasteiger partial charge in [-0.15, -0.1) is 0 Å². The van der Waals surface area contributed by atoms with Crippen LogP contribution in [0.3, 0.4) is 0 Å². The molecule has 1 aromatic rings. The number of rotatable bonds is 4. The van der Waals surface area contributed by atoms with Crippen molar-refractivity contribution in [3.8, 4) is 5.75 Å². The zero-order chi connectivity index (χ0) is 12.3. The van der Waals surface area contributed by atoms with E-state index in [2.05, 4.69) is 10.3 Å². The van der Waals surface area contributed by atoms with Crippen molar-refractivity contribution in [2.45, 2.75) is 6.42 Å². The van der Waals surface area contributed by atoms with Gasteiger partial charge in [0.25, 0.3) is 0 Å². The first-order valence-corrected chi connectivity index (χ1v) is 7.36. The number of nitrogens with one attached hydrogen (secondary N) is 1. The van der Waals surface area contributed by atoms with Crippen LogP contribution in [0.25, 0.3) is 0 Å². The van der Waals surface area contributed by atoms with E-state index in [1.807, 2.05) is 6.07 Å². The van der Waals surface area contributed by atoms with E-state index in [1.54, 1.807) is 19.4 Å². The summed E-state index contributed by atoms with van der Waals surface area (Å²) in [5.41, 5.74) is 0. The minimum atomic E-state index is -2.81. The highest BCUT2D eigenvalue weighted by atomic mass is 32.2. The van der Waals surface area contributed by atoms with Gasteiger partial charge in [0.15, 0.2) is 21.4 Å². The van der Waals surface area contributed by atoms with Crippen molar-refractivity contribution >= 4 is 15.7 Å². The number of methoxy groups -OCH3 is 1. The summed E-state index contributed by atoms with van der Waals surface area (Å²) in [6.45, 7) is 0.618. The molecule has 1 N–H and O–H groups in total. The monoisotopic (exact) mass is 256 g/mol. The second-order valence-corrected chi connectivity index (χ2v) is 6.43. The van der Waals surface area contributed by atoms with E-state index in [0.29, 0.717) is 23.9 Å². The third-order valence-electron chi connectivity index (χ3n) is 2.88. The van der Waals surface area contributed by atoms with Crippen molar-refractivity contribution in [3.63, 3.8) is 0 Å². The topological polar surface area (TPSA) is 68.3 Å². The molecular formula is C11H16N2O3S. The van der Waals surface area contributed by atoms with Crippen LogP contribution in [0.4, 0.5) is 5.82 Å². The predicted molar refractivity (Wildman–Crippen MR) is 66.0 cm³/mol. The maximum atomic E-state index is 11.3. The molecule has 5 nitrogen and oxygen atoms in total. The van der Waals surface area contributed by atoms with Crippen molar-refractivity contribution in [1.29, 1.82) is 0 Å². The number of sulfone groups is 1. The minimum Gasteiger partial charge on any atom is -0.493 e. The van der Waals surface area contributed by atoms with Gasteiger partial charge < -0.3 is 10.1 Å². The molecule has 1 aromatic heterocycles. The Balaban J connectivity index is 1.94. The molecule has 0 aliphatic carbocycles. The van der Waals surface area contributed by atoms with E-state index in [4.69, 9.17) is 4.74 Å². The molecule has 1 fully saturated rings. The fourth-order valence-electron chi connectivity index (χ4n) is 1.96. The molecule has 1 aliphatic rings. The molecule has 1 aliphatic heterocycles. The fraction of sp³-hybridized carbons (Fsp3) is 0.545. The average Bonchev–Trinajstić information content (AvgIpc) is 2.67. The largest absolute Gasteiger partial charge is 0.493 e. The summed E-state index contributed by atoms with van der Waals surface area (Å²) in [4.78, 5) is 4.16. The quantitative estimate of drug-likeness (QED) is 0.868. The maximum absolute atomic E-state index is 11.3. The molecule has 1 unspecified atom stereocenters. The second-order valence-electron chi connectivity index (χ2n) is 4.20. The lowest BCUT2D eigenvalue weighted by Gasteiger charge is -2.12. The Kier molecular flexibility index (Phi) is 3.51. The molecule has 0 bridgehead atoms. The molecule has 17 heavy (non-hydrogen) atoms. The number of nitrogens with zero attached hydrogens (tertiary/aromatic N) is 1. The van der Waals surface area contributed by atoms with Crippen molar-refractivity contribution < 1.29 is 13.2 Å². The highest BCUT2D eigenvalue weighted by molar-refractivity contribution is 7.91. The first-order valence-electron chi connectivity index (χ1n) is 5.54. The normalized spacial score (nSPS) is 22.3. The molecule has 1 atom stereocenters. The lowest BCUT2D eigenvalue weighted by molar-refractivity contribution is 0.414. The summed E-state index contributed by atoms with van der Waals surface area (Å²) < 4.78 is 27.8. The minimum absolute atomic E-state index is 0.173. The van der Waals surface area contributed by atoms with Crippen LogP contribution in [0.15, 0.2) is 18.3 Å². The van der Waals surface area contributed by atoms with Crippen LogP contribution in [0.2, 0.25) is 0 Å². The van der Waals surface area contributed by atoms with Crippen molar-refractivity contribution in [2.75, 3.05) is 30.5 Å². The van der Waals surface area contributed by atoms with Crippen molar-refractivity contribution in [3.05, 3.63) is 18.3 Å². The standard InChI is InChI=1S/C11H16N2O3S/c1-16-10-3-2-5-12-11(10)13-7-9-4-6-17(14,15)8-9/h2-3,5,9H,4,6-8H2,1H3,(H,12,13). The number of hydrogen-bond acceptors (Lipinski definition) is 5. The number of ether oxygens (including phenoxy) is 1. The number of aromatic nitrogens is 1. The molecule has 0 spiro atoms. The lowest BCUT2D eigenvalue weighted by Crippen LogP contribution is -2.16. The predicted octanol–water partition coefficient (Wildman–Crippen LogP) is 0.937. The van der Waals surface area contributed by atoms with Gasteiger partial charge in [-0.2, -0.15) is 0 Å². The Morgan fingerprint density at radius 2 is 2.41 bits per heavy atom. The third kappa shape index (κ3) is 3.09. The van der Waals surface area contributed by atoms with E-state index < -0.39 is 9.84 Å². The third-order valence-corrected chi connectivity index (χ3v) is 4.71. The van der Waals surface area contributed by atoms with Crippen molar-refractivity contribution in [1.82, 2.24) is 4.98 Å². The molecule has 0 amide bonds. The molecule has 0 saturated carbocycles. The Hall–Kier alpha value is -1.30. The first kappa shape index (κ1) is 12.2. The Labute approximate surface area is 101 Å². The highest BCUT2D eigenvalue weighted by Gasteiger charge is 2.27. The van der Waals surface area contributed by atoms with Gasteiger partial charge in [0.1, 0.15) is 0 Å². The van der Waals surface area contributed by atoms with E-state index in [0.717, 1.165) is 6.42 Å². The van der Waals surface area contributed by atoms with E-state index in [-0.39, 0.29) is 11.7 Å². The van der Waals surface area contributed by atoms with Gasteiger partial charge in [0.2, 0.25) is 0 Å². The van der Waals surface area contributed by atoms with Crippen LogP contribution in [0.1, 0.15) is 6.42 Å². The molecule has 6 heteroatoms. The Morgan fingerprint density at radius 3 is 3.06 bits per heavy atom. The molecule has 1 saturated heterocycles. The van der Waals surface area contributed by atoms with Crippen LogP contribution >= 0.6 is 0 Å². The smallest absolute Gasteiger partial charge is 0.168 e. The van der Waals surface area contributed by atoms with Gasteiger partial charge in [0.05, 0.1) is 18.6 Å². The van der Waals surface area contributed by atoms with Crippen LogP contribution in [0.5, 0.6) is 5.75 Å². The summed E-state index contributed by atoms with van der Waals surface area (Å²) in [6.07, 6.45) is 2.40. The Bertz CT molecular complexity index is 487. The van der Waals surface area contributed by atoms with Gasteiger partial charge in [0, 0.05) is 12.7 Å². The summed E-state index contributed by atoms with van der Waals surface area (Å²) in [5.74, 6) is 2.09. The number of pyridine rings is 1. The zero-order valence-corrected chi connectivity index (χ0v) is 10.5. The molecule has 0 aromatic carbocycles. The van der Waals surface area contributed by atoms with Crippen LogP contribution in [0, 0.1) is 5.92 Å². The first-order chi connectivity index (χ1) is 8.11. The number of hydrogen-bond donors (Lipinski definition) is 1. The summed E-state index contributed by atoms with van der Waals surface area (Å²) >= 11 is 0.